The minimum absolute atomic E-state index is 1.01. The summed E-state index contributed by atoms with van der Waals surface area (Å²) in [5, 5.41) is 3.80. The van der Waals surface area contributed by atoms with Gasteiger partial charge in [0, 0.05) is 6.20 Å². The Morgan fingerprint density at radius 3 is 2.67 bits per heavy atom. The molecule has 0 radical (unpaired) electrons. The fourth-order valence-corrected chi connectivity index (χ4v) is 2.98. The molecule has 0 amide bonds. The Hall–Kier alpha value is -1.67. The molecule has 0 aliphatic heterocycles. The Kier molecular flexibility index (Phi) is 2.88. The van der Waals surface area contributed by atoms with E-state index in [1.165, 1.54) is 31.8 Å². The van der Waals surface area contributed by atoms with Crippen molar-refractivity contribution in [2.75, 3.05) is 0 Å². The fourth-order valence-electron chi connectivity index (χ4n) is 2.13. The maximum absolute atomic E-state index is 4.43. The van der Waals surface area contributed by atoms with Crippen molar-refractivity contribution < 1.29 is 0 Å². The molecule has 0 atom stereocenters. The molecule has 1 aromatic heterocycles. The molecule has 0 aliphatic carbocycles. The normalized spacial score (nSPS) is 11.0. The van der Waals surface area contributed by atoms with E-state index in [0.717, 1.165) is 6.42 Å². The minimum atomic E-state index is 1.01. The molecule has 3 rings (SSSR count). The van der Waals surface area contributed by atoms with Crippen molar-refractivity contribution in [2.24, 2.45) is 0 Å². The molecule has 0 unspecified atom stereocenters. The fraction of sp³-hybridized carbons (Fsp3) is 0.188. The molecule has 18 heavy (non-hydrogen) atoms. The van der Waals surface area contributed by atoms with Crippen LogP contribution in [0.15, 0.2) is 42.6 Å². The number of benzene rings is 2. The predicted octanol–water partition coefficient (Wildman–Crippen LogP) is 4.83. The molecule has 0 aliphatic rings. The second-order valence-electron chi connectivity index (χ2n) is 4.54. The van der Waals surface area contributed by atoms with E-state index in [2.05, 4.69) is 55.2 Å². The van der Waals surface area contributed by atoms with Gasteiger partial charge in [-0.15, -0.1) is 11.3 Å². The Morgan fingerprint density at radius 1 is 1.06 bits per heavy atom. The average molecular weight is 253 g/mol. The largest absolute Gasteiger partial charge is 0.249 e. The van der Waals surface area contributed by atoms with Crippen LogP contribution in [0.5, 0.6) is 0 Å². The molecular weight excluding hydrogens is 238 g/mol. The van der Waals surface area contributed by atoms with E-state index in [1.807, 2.05) is 6.20 Å². The Labute approximate surface area is 111 Å². The van der Waals surface area contributed by atoms with Crippen molar-refractivity contribution in [3.05, 3.63) is 53.2 Å². The molecule has 0 spiro atoms. The maximum Gasteiger partial charge on any atom is 0.0928 e. The zero-order valence-electron chi connectivity index (χ0n) is 10.6. The SMILES string of the molecule is CCc1ncc(-c2ccc3ccc(C)cc3c2)s1. The summed E-state index contributed by atoms with van der Waals surface area (Å²) >= 11 is 1.79. The smallest absolute Gasteiger partial charge is 0.0928 e. The lowest BCUT2D eigenvalue weighted by Gasteiger charge is -2.02. The van der Waals surface area contributed by atoms with Gasteiger partial charge < -0.3 is 0 Å². The van der Waals surface area contributed by atoms with Gasteiger partial charge in [0.05, 0.1) is 9.88 Å². The maximum atomic E-state index is 4.43. The van der Waals surface area contributed by atoms with Crippen LogP contribution in [-0.2, 0) is 6.42 Å². The Bertz CT molecular complexity index is 697. The first-order valence-corrected chi connectivity index (χ1v) is 7.03. The van der Waals surface area contributed by atoms with Crippen LogP contribution >= 0.6 is 11.3 Å². The van der Waals surface area contributed by atoms with Gasteiger partial charge in [-0.05, 0) is 35.7 Å². The van der Waals surface area contributed by atoms with Gasteiger partial charge in [0.1, 0.15) is 0 Å². The van der Waals surface area contributed by atoms with E-state index in [-0.39, 0.29) is 0 Å². The number of thiazole rings is 1. The molecular formula is C16H15NS. The molecule has 0 fully saturated rings. The van der Waals surface area contributed by atoms with Crippen molar-refractivity contribution in [1.29, 1.82) is 0 Å². The van der Waals surface area contributed by atoms with E-state index >= 15 is 0 Å². The quantitative estimate of drug-likeness (QED) is 0.637. The molecule has 0 saturated carbocycles. The highest BCUT2D eigenvalue weighted by molar-refractivity contribution is 7.15. The van der Waals surface area contributed by atoms with Crippen LogP contribution in [0, 0.1) is 6.92 Å². The third-order valence-corrected chi connectivity index (χ3v) is 4.33. The van der Waals surface area contributed by atoms with Crippen LogP contribution in [0.4, 0.5) is 0 Å². The van der Waals surface area contributed by atoms with Crippen molar-refractivity contribution in [2.45, 2.75) is 20.3 Å². The number of aryl methyl sites for hydroxylation is 2. The van der Waals surface area contributed by atoms with Gasteiger partial charge in [-0.1, -0.05) is 42.8 Å². The summed E-state index contributed by atoms with van der Waals surface area (Å²) in [5.41, 5.74) is 2.57. The lowest BCUT2D eigenvalue weighted by atomic mass is 10.0. The highest BCUT2D eigenvalue weighted by Gasteiger charge is 2.04. The summed E-state index contributed by atoms with van der Waals surface area (Å²) in [6.45, 7) is 4.28. The molecule has 90 valence electrons. The summed E-state index contributed by atoms with van der Waals surface area (Å²) in [6.07, 6.45) is 3.00. The van der Waals surface area contributed by atoms with E-state index in [1.54, 1.807) is 11.3 Å². The van der Waals surface area contributed by atoms with Gasteiger partial charge in [-0.3, -0.25) is 0 Å². The number of rotatable bonds is 2. The third kappa shape index (κ3) is 2.04. The zero-order chi connectivity index (χ0) is 12.5. The summed E-state index contributed by atoms with van der Waals surface area (Å²) in [5.74, 6) is 0. The summed E-state index contributed by atoms with van der Waals surface area (Å²) in [4.78, 5) is 5.69. The number of fused-ring (bicyclic) bond motifs is 1. The van der Waals surface area contributed by atoms with Gasteiger partial charge in [-0.2, -0.15) is 0 Å². The standard InChI is InChI=1S/C16H15NS/c1-3-16-17-10-15(18-16)13-7-6-12-5-4-11(2)8-14(12)9-13/h4-10H,3H2,1-2H3. The van der Waals surface area contributed by atoms with Gasteiger partial charge in [0.2, 0.25) is 0 Å². The lowest BCUT2D eigenvalue weighted by molar-refractivity contribution is 1.09. The molecule has 0 saturated heterocycles. The summed E-state index contributed by atoms with van der Waals surface area (Å²) in [7, 11) is 0. The molecule has 1 nitrogen and oxygen atoms in total. The van der Waals surface area contributed by atoms with E-state index in [4.69, 9.17) is 0 Å². The van der Waals surface area contributed by atoms with Crippen LogP contribution in [0.2, 0.25) is 0 Å². The first-order chi connectivity index (χ1) is 8.76. The lowest BCUT2D eigenvalue weighted by Crippen LogP contribution is -1.77. The van der Waals surface area contributed by atoms with Crippen LogP contribution in [0.1, 0.15) is 17.5 Å². The van der Waals surface area contributed by atoms with Crippen molar-refractivity contribution in [1.82, 2.24) is 4.98 Å². The molecule has 0 N–H and O–H groups in total. The summed E-state index contributed by atoms with van der Waals surface area (Å²) < 4.78 is 0. The van der Waals surface area contributed by atoms with Gasteiger partial charge in [0.15, 0.2) is 0 Å². The van der Waals surface area contributed by atoms with E-state index in [9.17, 15) is 0 Å². The Morgan fingerprint density at radius 2 is 1.89 bits per heavy atom. The van der Waals surface area contributed by atoms with Crippen LogP contribution in [-0.4, -0.2) is 4.98 Å². The van der Waals surface area contributed by atoms with Crippen molar-refractivity contribution in [3.63, 3.8) is 0 Å². The van der Waals surface area contributed by atoms with Crippen LogP contribution in [0.3, 0.4) is 0 Å². The second kappa shape index (κ2) is 4.54. The molecule has 1 heterocycles. The van der Waals surface area contributed by atoms with Gasteiger partial charge >= 0.3 is 0 Å². The van der Waals surface area contributed by atoms with Gasteiger partial charge in [-0.25, -0.2) is 4.98 Å². The number of hydrogen-bond acceptors (Lipinski definition) is 2. The van der Waals surface area contributed by atoms with E-state index < -0.39 is 0 Å². The highest BCUT2D eigenvalue weighted by Crippen LogP contribution is 2.29. The van der Waals surface area contributed by atoms with E-state index in [0.29, 0.717) is 0 Å². The minimum Gasteiger partial charge on any atom is -0.249 e. The zero-order valence-corrected chi connectivity index (χ0v) is 11.4. The molecule has 3 aromatic rings. The molecule has 0 bridgehead atoms. The van der Waals surface area contributed by atoms with Gasteiger partial charge in [0.25, 0.3) is 0 Å². The average Bonchev–Trinajstić information content (AvgIpc) is 2.86. The first-order valence-electron chi connectivity index (χ1n) is 6.22. The topological polar surface area (TPSA) is 12.9 Å². The van der Waals surface area contributed by atoms with Crippen molar-refractivity contribution >= 4 is 22.1 Å². The van der Waals surface area contributed by atoms with Crippen LogP contribution in [0.25, 0.3) is 21.2 Å². The number of aromatic nitrogens is 1. The Balaban J connectivity index is 2.12. The molecule has 2 heteroatoms. The molecule has 2 aromatic carbocycles. The predicted molar refractivity (Wildman–Crippen MR) is 79.2 cm³/mol. The highest BCUT2D eigenvalue weighted by atomic mass is 32.1. The second-order valence-corrected chi connectivity index (χ2v) is 5.65. The van der Waals surface area contributed by atoms with Crippen LogP contribution < -0.4 is 0 Å². The van der Waals surface area contributed by atoms with Crippen molar-refractivity contribution in [3.8, 4) is 10.4 Å². The summed E-state index contributed by atoms with van der Waals surface area (Å²) in [6, 6.07) is 13.2. The monoisotopic (exact) mass is 253 g/mol. The first kappa shape index (κ1) is 11.4. The number of hydrogen-bond donors (Lipinski definition) is 0. The third-order valence-electron chi connectivity index (χ3n) is 3.14. The number of nitrogens with zero attached hydrogens (tertiary/aromatic N) is 1.